The molecule has 0 radical (unpaired) electrons. The molecule has 0 aliphatic carbocycles. The van der Waals surface area contributed by atoms with Crippen LogP contribution in [0.3, 0.4) is 0 Å². The molecule has 0 saturated carbocycles. The second kappa shape index (κ2) is 9.88. The lowest BCUT2D eigenvalue weighted by molar-refractivity contribution is 0.409. The summed E-state index contributed by atoms with van der Waals surface area (Å²) in [7, 11) is 5.08. The molecule has 0 spiro atoms. The number of ether oxygens (including phenoxy) is 3. The van der Waals surface area contributed by atoms with Gasteiger partial charge in [-0.15, -0.1) is 0 Å². The van der Waals surface area contributed by atoms with Gasteiger partial charge in [0.1, 0.15) is 28.6 Å². The first kappa shape index (κ1) is 21.2. The van der Waals surface area contributed by atoms with E-state index in [1.165, 1.54) is 24.0 Å². The summed E-state index contributed by atoms with van der Waals surface area (Å²) in [6.45, 7) is 3.71. The predicted molar refractivity (Wildman–Crippen MR) is 125 cm³/mol. The molecule has 1 aliphatic heterocycles. The Morgan fingerprint density at radius 1 is 0.935 bits per heavy atom. The number of anilines is 1. The second-order valence-electron chi connectivity index (χ2n) is 7.81. The molecule has 0 atom stereocenters. The number of benzene rings is 2. The van der Waals surface area contributed by atoms with Crippen LogP contribution in [0.15, 0.2) is 42.5 Å². The Hall–Kier alpha value is -2.99. The van der Waals surface area contributed by atoms with Gasteiger partial charge in [0.05, 0.1) is 21.3 Å². The minimum absolute atomic E-state index is 0.749. The van der Waals surface area contributed by atoms with E-state index < -0.39 is 0 Å². The Labute approximate surface area is 184 Å². The summed E-state index contributed by atoms with van der Waals surface area (Å²) in [4.78, 5) is 7.45. The van der Waals surface area contributed by atoms with Crippen molar-refractivity contribution >= 4 is 16.7 Å². The minimum Gasteiger partial charge on any atom is -0.497 e. The Morgan fingerprint density at radius 2 is 1.71 bits per heavy atom. The standard InChI is InChI=1S/C25H31N3O3/c1-29-20-8-6-7-18(15-20)11-12-26-17-19-16-21-22(30-2)9-10-23(31-3)24(21)27-25(19)28-13-4-5-14-28/h6-10,15-16,26H,4-5,11-14,17H2,1-3H3. The maximum atomic E-state index is 5.61. The van der Waals surface area contributed by atoms with E-state index in [1.807, 2.05) is 24.3 Å². The lowest BCUT2D eigenvalue weighted by atomic mass is 10.1. The summed E-state index contributed by atoms with van der Waals surface area (Å²) < 4.78 is 16.5. The molecule has 0 amide bonds. The number of pyridine rings is 1. The molecule has 0 bridgehead atoms. The van der Waals surface area contributed by atoms with Gasteiger partial charge in [-0.1, -0.05) is 12.1 Å². The highest BCUT2D eigenvalue weighted by molar-refractivity contribution is 5.92. The Morgan fingerprint density at radius 3 is 2.45 bits per heavy atom. The van der Waals surface area contributed by atoms with E-state index in [9.17, 15) is 0 Å². The molecular formula is C25H31N3O3. The molecule has 164 valence electrons. The second-order valence-corrected chi connectivity index (χ2v) is 7.81. The number of methoxy groups -OCH3 is 3. The van der Waals surface area contributed by atoms with E-state index >= 15 is 0 Å². The van der Waals surface area contributed by atoms with Crippen LogP contribution in [0.1, 0.15) is 24.0 Å². The molecule has 31 heavy (non-hydrogen) atoms. The Bertz CT molecular complexity index is 1030. The fourth-order valence-corrected chi connectivity index (χ4v) is 4.20. The summed E-state index contributed by atoms with van der Waals surface area (Å²) in [5.41, 5.74) is 3.30. The van der Waals surface area contributed by atoms with Crippen LogP contribution in [0, 0.1) is 0 Å². The average molecular weight is 422 g/mol. The zero-order chi connectivity index (χ0) is 21.6. The van der Waals surface area contributed by atoms with Crippen LogP contribution in [-0.2, 0) is 13.0 Å². The van der Waals surface area contributed by atoms with E-state index in [0.717, 1.165) is 66.6 Å². The van der Waals surface area contributed by atoms with Gasteiger partial charge in [-0.2, -0.15) is 0 Å². The molecule has 1 N–H and O–H groups in total. The molecule has 1 saturated heterocycles. The van der Waals surface area contributed by atoms with E-state index in [0.29, 0.717) is 0 Å². The third kappa shape index (κ3) is 4.69. The van der Waals surface area contributed by atoms with Crippen molar-refractivity contribution in [3.8, 4) is 17.2 Å². The lowest BCUT2D eigenvalue weighted by Gasteiger charge is -2.22. The highest BCUT2D eigenvalue weighted by Gasteiger charge is 2.20. The fourth-order valence-electron chi connectivity index (χ4n) is 4.20. The van der Waals surface area contributed by atoms with E-state index in [1.54, 1.807) is 21.3 Å². The number of nitrogens with one attached hydrogen (secondary N) is 1. The van der Waals surface area contributed by atoms with Crippen molar-refractivity contribution < 1.29 is 14.2 Å². The van der Waals surface area contributed by atoms with Crippen molar-refractivity contribution in [1.29, 1.82) is 0 Å². The summed E-state index contributed by atoms with van der Waals surface area (Å²) >= 11 is 0. The molecule has 4 rings (SSSR count). The van der Waals surface area contributed by atoms with Crippen LogP contribution in [0.5, 0.6) is 17.2 Å². The number of aromatic nitrogens is 1. The summed E-state index contributed by atoms with van der Waals surface area (Å²) in [6.07, 6.45) is 3.35. The van der Waals surface area contributed by atoms with Crippen LogP contribution < -0.4 is 24.4 Å². The van der Waals surface area contributed by atoms with Gasteiger partial charge >= 0.3 is 0 Å². The number of hydrogen-bond donors (Lipinski definition) is 1. The molecule has 1 fully saturated rings. The van der Waals surface area contributed by atoms with E-state index in [2.05, 4.69) is 28.4 Å². The van der Waals surface area contributed by atoms with Gasteiger partial charge in [0.2, 0.25) is 0 Å². The van der Waals surface area contributed by atoms with Gasteiger partial charge in [-0.25, -0.2) is 4.98 Å². The number of fused-ring (bicyclic) bond motifs is 1. The van der Waals surface area contributed by atoms with Crippen molar-refractivity contribution in [1.82, 2.24) is 10.3 Å². The maximum Gasteiger partial charge on any atom is 0.145 e. The quantitative estimate of drug-likeness (QED) is 0.523. The fraction of sp³-hybridized carbons (Fsp3) is 0.400. The van der Waals surface area contributed by atoms with Gasteiger partial charge in [0.15, 0.2) is 0 Å². The molecule has 3 aromatic rings. The van der Waals surface area contributed by atoms with Crippen LogP contribution in [0.4, 0.5) is 5.82 Å². The van der Waals surface area contributed by atoms with Crippen LogP contribution in [-0.4, -0.2) is 45.9 Å². The zero-order valence-corrected chi connectivity index (χ0v) is 18.6. The number of rotatable bonds is 9. The molecule has 0 unspecified atom stereocenters. The number of hydrogen-bond acceptors (Lipinski definition) is 6. The molecule has 1 aliphatic rings. The van der Waals surface area contributed by atoms with E-state index in [4.69, 9.17) is 19.2 Å². The highest BCUT2D eigenvalue weighted by Crippen LogP contribution is 2.36. The summed E-state index contributed by atoms with van der Waals surface area (Å²) in [5.74, 6) is 3.53. The summed E-state index contributed by atoms with van der Waals surface area (Å²) in [6, 6.07) is 14.3. The smallest absolute Gasteiger partial charge is 0.145 e. The number of nitrogens with zero attached hydrogens (tertiary/aromatic N) is 2. The predicted octanol–water partition coefficient (Wildman–Crippen LogP) is 4.19. The highest BCUT2D eigenvalue weighted by atomic mass is 16.5. The lowest BCUT2D eigenvalue weighted by Crippen LogP contribution is -2.24. The SMILES string of the molecule is COc1cccc(CCNCc2cc3c(OC)ccc(OC)c3nc2N2CCCC2)c1. The molecule has 1 aromatic heterocycles. The topological polar surface area (TPSA) is 55.9 Å². The van der Waals surface area contributed by atoms with Crippen molar-refractivity contribution in [2.24, 2.45) is 0 Å². The minimum atomic E-state index is 0.749. The van der Waals surface area contributed by atoms with Gasteiger partial charge in [0.25, 0.3) is 0 Å². The van der Waals surface area contributed by atoms with Gasteiger partial charge in [-0.05, 0) is 61.7 Å². The third-order valence-corrected chi connectivity index (χ3v) is 5.85. The zero-order valence-electron chi connectivity index (χ0n) is 18.6. The van der Waals surface area contributed by atoms with Gasteiger partial charge in [0, 0.05) is 30.6 Å². The molecule has 2 heterocycles. The van der Waals surface area contributed by atoms with Crippen LogP contribution >= 0.6 is 0 Å². The van der Waals surface area contributed by atoms with Crippen molar-refractivity contribution in [3.05, 3.63) is 53.6 Å². The first-order chi connectivity index (χ1) is 15.2. The first-order valence-electron chi connectivity index (χ1n) is 10.9. The Kier molecular flexibility index (Phi) is 6.77. The van der Waals surface area contributed by atoms with E-state index in [-0.39, 0.29) is 0 Å². The molecule has 2 aromatic carbocycles. The normalized spacial score (nSPS) is 13.6. The Balaban J connectivity index is 1.58. The molecular weight excluding hydrogens is 390 g/mol. The molecule has 6 heteroatoms. The van der Waals surface area contributed by atoms with Crippen LogP contribution in [0.25, 0.3) is 10.9 Å². The maximum absolute atomic E-state index is 5.61. The van der Waals surface area contributed by atoms with Gasteiger partial charge in [-0.3, -0.25) is 0 Å². The van der Waals surface area contributed by atoms with Crippen molar-refractivity contribution in [2.75, 3.05) is 45.9 Å². The monoisotopic (exact) mass is 421 g/mol. The van der Waals surface area contributed by atoms with Crippen LogP contribution in [0.2, 0.25) is 0 Å². The first-order valence-corrected chi connectivity index (χ1v) is 10.9. The average Bonchev–Trinajstić information content (AvgIpc) is 3.35. The summed E-state index contributed by atoms with van der Waals surface area (Å²) in [5, 5.41) is 4.58. The van der Waals surface area contributed by atoms with Crippen molar-refractivity contribution in [2.45, 2.75) is 25.8 Å². The van der Waals surface area contributed by atoms with Gasteiger partial charge < -0.3 is 24.4 Å². The van der Waals surface area contributed by atoms with Crippen molar-refractivity contribution in [3.63, 3.8) is 0 Å². The molecule has 6 nitrogen and oxygen atoms in total. The largest absolute Gasteiger partial charge is 0.497 e. The third-order valence-electron chi connectivity index (χ3n) is 5.85.